The van der Waals surface area contributed by atoms with Gasteiger partial charge in [0, 0.05) is 19.0 Å². The minimum Gasteiger partial charge on any atom is -0.481 e. The Balaban J connectivity index is 2.75. The van der Waals surface area contributed by atoms with Gasteiger partial charge in [0.05, 0.1) is 5.92 Å². The van der Waals surface area contributed by atoms with Crippen LogP contribution in [-0.4, -0.2) is 34.5 Å². The third-order valence-electron chi connectivity index (χ3n) is 4.72. The molecule has 4 atom stereocenters. The molecule has 0 aromatic carbocycles. The molecule has 116 valence electrons. The van der Waals surface area contributed by atoms with Crippen LogP contribution in [0, 0.1) is 17.8 Å². The average molecular weight is 283 g/mol. The second-order valence-electron chi connectivity index (χ2n) is 6.25. The predicted molar refractivity (Wildman–Crippen MR) is 79.4 cm³/mol. The Labute approximate surface area is 122 Å². The van der Waals surface area contributed by atoms with Crippen molar-refractivity contribution in [3.05, 3.63) is 0 Å². The zero-order chi connectivity index (χ0) is 15.3. The first-order valence-corrected chi connectivity index (χ1v) is 7.94. The van der Waals surface area contributed by atoms with Gasteiger partial charge in [0.1, 0.15) is 0 Å². The molecule has 0 bridgehead atoms. The third kappa shape index (κ3) is 3.97. The van der Waals surface area contributed by atoms with Gasteiger partial charge < -0.3 is 10.0 Å². The number of amides is 1. The highest BCUT2D eigenvalue weighted by Crippen LogP contribution is 2.31. The van der Waals surface area contributed by atoms with Crippen LogP contribution in [0.5, 0.6) is 0 Å². The van der Waals surface area contributed by atoms with Gasteiger partial charge in [-0.2, -0.15) is 0 Å². The Kier molecular flexibility index (Phi) is 6.50. The lowest BCUT2D eigenvalue weighted by Crippen LogP contribution is -2.54. The maximum atomic E-state index is 12.2. The fourth-order valence-corrected chi connectivity index (χ4v) is 3.33. The van der Waals surface area contributed by atoms with E-state index in [1.807, 2.05) is 18.7 Å². The largest absolute Gasteiger partial charge is 0.481 e. The van der Waals surface area contributed by atoms with Crippen molar-refractivity contribution in [2.24, 2.45) is 17.8 Å². The van der Waals surface area contributed by atoms with Crippen LogP contribution in [0.15, 0.2) is 0 Å². The van der Waals surface area contributed by atoms with Crippen molar-refractivity contribution >= 4 is 11.9 Å². The van der Waals surface area contributed by atoms with Crippen LogP contribution in [0.2, 0.25) is 0 Å². The summed E-state index contributed by atoms with van der Waals surface area (Å²) in [5.74, 6) is -0.663. The van der Waals surface area contributed by atoms with Crippen molar-refractivity contribution in [1.29, 1.82) is 0 Å². The van der Waals surface area contributed by atoms with E-state index in [4.69, 9.17) is 0 Å². The molecular weight excluding hydrogens is 254 g/mol. The molecule has 1 aliphatic heterocycles. The maximum Gasteiger partial charge on any atom is 0.308 e. The number of unbranched alkanes of at least 4 members (excludes halogenated alkanes) is 1. The van der Waals surface area contributed by atoms with Gasteiger partial charge in [-0.1, -0.05) is 40.0 Å². The molecule has 4 nitrogen and oxygen atoms in total. The summed E-state index contributed by atoms with van der Waals surface area (Å²) in [5, 5.41) is 9.38. The molecule has 0 saturated carbocycles. The molecule has 4 unspecified atom stereocenters. The summed E-state index contributed by atoms with van der Waals surface area (Å²) < 4.78 is 0. The number of aliphatic carboxylic acids is 1. The lowest BCUT2D eigenvalue weighted by molar-refractivity contribution is -0.155. The number of carboxylic acids is 1. The normalized spacial score (nSPS) is 28.5. The van der Waals surface area contributed by atoms with Gasteiger partial charge in [-0.05, 0) is 25.2 Å². The van der Waals surface area contributed by atoms with Crippen LogP contribution in [0.3, 0.4) is 0 Å². The standard InChI is InChI=1S/C16H29NO3/c1-5-7-8-13(6-2)10-17-12(4)15(16(19)20)11(3)9-14(17)18/h11-13,15H,5-10H2,1-4H3,(H,19,20). The van der Waals surface area contributed by atoms with Crippen molar-refractivity contribution in [2.45, 2.75) is 65.8 Å². The minimum atomic E-state index is -0.774. The molecule has 0 spiro atoms. The molecule has 20 heavy (non-hydrogen) atoms. The van der Waals surface area contributed by atoms with E-state index in [2.05, 4.69) is 13.8 Å². The second kappa shape index (κ2) is 7.65. The molecule has 1 rings (SSSR count). The summed E-state index contributed by atoms with van der Waals surface area (Å²) in [6.45, 7) is 8.80. The fourth-order valence-electron chi connectivity index (χ4n) is 3.33. The average Bonchev–Trinajstić information content (AvgIpc) is 2.37. The molecule has 4 heteroatoms. The van der Waals surface area contributed by atoms with Crippen LogP contribution in [-0.2, 0) is 9.59 Å². The highest BCUT2D eigenvalue weighted by molar-refractivity contribution is 5.81. The van der Waals surface area contributed by atoms with E-state index in [1.54, 1.807) is 0 Å². The number of rotatable bonds is 7. The van der Waals surface area contributed by atoms with Gasteiger partial charge in [0.2, 0.25) is 5.91 Å². The zero-order valence-electron chi connectivity index (χ0n) is 13.3. The monoisotopic (exact) mass is 283 g/mol. The van der Waals surface area contributed by atoms with E-state index in [9.17, 15) is 14.7 Å². The molecule has 0 aromatic rings. The summed E-state index contributed by atoms with van der Waals surface area (Å²) in [6.07, 6.45) is 4.87. The molecule has 0 aromatic heterocycles. The van der Waals surface area contributed by atoms with E-state index >= 15 is 0 Å². The van der Waals surface area contributed by atoms with Crippen molar-refractivity contribution in [3.63, 3.8) is 0 Å². The van der Waals surface area contributed by atoms with Crippen LogP contribution in [0.25, 0.3) is 0 Å². The number of hydrogen-bond acceptors (Lipinski definition) is 2. The molecule has 1 fully saturated rings. The van der Waals surface area contributed by atoms with Crippen LogP contribution < -0.4 is 0 Å². The lowest BCUT2D eigenvalue weighted by atomic mass is 9.80. The number of nitrogens with zero attached hydrogens (tertiary/aromatic N) is 1. The number of carbonyl (C=O) groups excluding carboxylic acids is 1. The zero-order valence-corrected chi connectivity index (χ0v) is 13.3. The highest BCUT2D eigenvalue weighted by atomic mass is 16.4. The number of carboxylic acid groups (broad SMARTS) is 1. The Morgan fingerprint density at radius 1 is 1.40 bits per heavy atom. The molecule has 0 aliphatic carbocycles. The Morgan fingerprint density at radius 2 is 2.05 bits per heavy atom. The molecule has 1 amide bonds. The summed E-state index contributed by atoms with van der Waals surface area (Å²) in [4.78, 5) is 25.5. The van der Waals surface area contributed by atoms with E-state index in [0.717, 1.165) is 19.3 Å². The molecule has 1 N–H and O–H groups in total. The van der Waals surface area contributed by atoms with Gasteiger partial charge >= 0.3 is 5.97 Å². The van der Waals surface area contributed by atoms with E-state index < -0.39 is 11.9 Å². The summed E-state index contributed by atoms with van der Waals surface area (Å²) in [5.41, 5.74) is 0. The number of carbonyl (C=O) groups is 2. The number of piperidine rings is 1. The van der Waals surface area contributed by atoms with E-state index in [-0.39, 0.29) is 17.9 Å². The number of likely N-dealkylation sites (tertiary alicyclic amines) is 1. The Bertz CT molecular complexity index is 343. The Morgan fingerprint density at radius 3 is 2.55 bits per heavy atom. The molecule has 0 radical (unpaired) electrons. The van der Waals surface area contributed by atoms with Gasteiger partial charge in [0.25, 0.3) is 0 Å². The predicted octanol–water partition coefficient (Wildman–Crippen LogP) is 3.16. The first-order chi connectivity index (χ1) is 9.42. The molecule has 1 aliphatic rings. The first kappa shape index (κ1) is 17.0. The van der Waals surface area contributed by atoms with Crippen LogP contribution in [0.4, 0.5) is 0 Å². The van der Waals surface area contributed by atoms with Gasteiger partial charge in [-0.3, -0.25) is 9.59 Å². The van der Waals surface area contributed by atoms with E-state index in [1.165, 1.54) is 6.42 Å². The van der Waals surface area contributed by atoms with Crippen LogP contribution in [0.1, 0.15) is 59.8 Å². The first-order valence-electron chi connectivity index (χ1n) is 7.94. The third-order valence-corrected chi connectivity index (χ3v) is 4.72. The summed E-state index contributed by atoms with van der Waals surface area (Å²) in [6, 6.07) is -0.195. The highest BCUT2D eigenvalue weighted by Gasteiger charge is 2.41. The summed E-state index contributed by atoms with van der Waals surface area (Å²) in [7, 11) is 0. The topological polar surface area (TPSA) is 57.6 Å². The van der Waals surface area contributed by atoms with Crippen molar-refractivity contribution in [2.75, 3.05) is 6.54 Å². The van der Waals surface area contributed by atoms with Crippen LogP contribution >= 0.6 is 0 Å². The quantitative estimate of drug-likeness (QED) is 0.780. The van der Waals surface area contributed by atoms with E-state index in [0.29, 0.717) is 18.9 Å². The number of hydrogen-bond donors (Lipinski definition) is 1. The smallest absolute Gasteiger partial charge is 0.308 e. The minimum absolute atomic E-state index is 0.0676. The van der Waals surface area contributed by atoms with Crippen molar-refractivity contribution < 1.29 is 14.7 Å². The lowest BCUT2D eigenvalue weighted by Gasteiger charge is -2.42. The van der Waals surface area contributed by atoms with Gasteiger partial charge in [-0.15, -0.1) is 0 Å². The van der Waals surface area contributed by atoms with Crippen molar-refractivity contribution in [3.8, 4) is 0 Å². The SMILES string of the molecule is CCCCC(CC)CN1C(=O)CC(C)C(C(=O)O)C1C. The molecular formula is C16H29NO3. The second-order valence-corrected chi connectivity index (χ2v) is 6.25. The van der Waals surface area contributed by atoms with Gasteiger partial charge in [0.15, 0.2) is 0 Å². The Hall–Kier alpha value is -1.06. The molecule has 1 heterocycles. The molecule has 1 saturated heterocycles. The maximum absolute atomic E-state index is 12.2. The summed E-state index contributed by atoms with van der Waals surface area (Å²) >= 11 is 0. The van der Waals surface area contributed by atoms with Crippen molar-refractivity contribution in [1.82, 2.24) is 4.90 Å². The fraction of sp³-hybridized carbons (Fsp3) is 0.875. The van der Waals surface area contributed by atoms with Gasteiger partial charge in [-0.25, -0.2) is 0 Å².